The lowest BCUT2D eigenvalue weighted by atomic mass is 9.99. The molecule has 0 bridgehead atoms. The van der Waals surface area contributed by atoms with Gasteiger partial charge in [-0.3, -0.25) is 4.90 Å². The predicted octanol–water partition coefficient (Wildman–Crippen LogP) is -2.86. The van der Waals surface area contributed by atoms with Crippen LogP contribution in [0.5, 0.6) is 0 Å². The summed E-state index contributed by atoms with van der Waals surface area (Å²) in [4.78, 5) is 14.3. The smallest absolute Gasteiger partial charge is 0.298 e. The average molecular weight is 277 g/mol. The van der Waals surface area contributed by atoms with Gasteiger partial charge in [-0.05, 0) is 12.3 Å². The summed E-state index contributed by atoms with van der Waals surface area (Å²) < 4.78 is 0. The summed E-state index contributed by atoms with van der Waals surface area (Å²) in [6, 6.07) is 2.77. The van der Waals surface area contributed by atoms with Crippen molar-refractivity contribution >= 4 is 11.7 Å². The van der Waals surface area contributed by atoms with E-state index < -0.39 is 17.2 Å². The molecular weight excluding hydrogens is 262 g/mol. The normalized spacial score (nSPS) is 26.9. The fourth-order valence-corrected chi connectivity index (χ4v) is 1.75. The lowest BCUT2D eigenvalue weighted by Crippen LogP contribution is -3.11. The van der Waals surface area contributed by atoms with Crippen LogP contribution in [0.4, 0.5) is 0 Å². The maximum absolute atomic E-state index is 10.3. The lowest BCUT2D eigenvalue weighted by Gasteiger charge is -2.15. The van der Waals surface area contributed by atoms with E-state index in [1.165, 1.54) is 25.2 Å². The monoisotopic (exact) mass is 277 g/mol. The summed E-state index contributed by atoms with van der Waals surface area (Å²) in [5.41, 5.74) is -2.90. The fraction of sp³-hybridized carbons (Fsp3) is 0.636. The highest BCUT2D eigenvalue weighted by Gasteiger charge is 2.41. The highest BCUT2D eigenvalue weighted by molar-refractivity contribution is 6.40. The molecule has 20 heavy (non-hydrogen) atoms. The van der Waals surface area contributed by atoms with Crippen LogP contribution < -0.4 is 10.0 Å². The second-order valence-electron chi connectivity index (χ2n) is 4.61. The van der Waals surface area contributed by atoms with Gasteiger partial charge < -0.3 is 14.8 Å². The molecule has 0 amide bonds. The van der Waals surface area contributed by atoms with E-state index in [-0.39, 0.29) is 0 Å². The first kappa shape index (κ1) is 15.7. The van der Waals surface area contributed by atoms with E-state index >= 15 is 0 Å². The Morgan fingerprint density at radius 1 is 1.55 bits per heavy atom. The summed E-state index contributed by atoms with van der Waals surface area (Å²) in [6.45, 7) is 4.83. The molecule has 2 heterocycles. The van der Waals surface area contributed by atoms with Crippen molar-refractivity contribution in [3.05, 3.63) is 0 Å². The zero-order valence-corrected chi connectivity index (χ0v) is 11.5. The first-order valence-electron chi connectivity index (χ1n) is 5.94. The number of carboxylic acids is 1. The molecule has 9 nitrogen and oxygen atoms in total. The van der Waals surface area contributed by atoms with Crippen LogP contribution in [0, 0.1) is 22.7 Å². The molecule has 106 valence electrons. The molecule has 1 fully saturated rings. The summed E-state index contributed by atoms with van der Waals surface area (Å²) in [5.74, 6) is -1.72. The first-order valence-corrected chi connectivity index (χ1v) is 5.94. The molecule has 2 rings (SSSR count). The van der Waals surface area contributed by atoms with Crippen molar-refractivity contribution in [2.45, 2.75) is 18.6 Å². The maximum Gasteiger partial charge on any atom is 0.298 e. The molecule has 0 radical (unpaired) electrons. The summed E-state index contributed by atoms with van der Waals surface area (Å²) >= 11 is 0. The van der Waals surface area contributed by atoms with E-state index in [0.29, 0.717) is 0 Å². The average Bonchev–Trinajstić information content (AvgIpc) is 2.99. The van der Waals surface area contributed by atoms with Gasteiger partial charge in [-0.15, -0.1) is 10.2 Å². The van der Waals surface area contributed by atoms with Gasteiger partial charge >= 0.3 is 0 Å². The number of carboxylic acid groups (broad SMARTS) is 1. The third-order valence-corrected chi connectivity index (χ3v) is 3.43. The molecular formula is C11H15N7O2. The Hall–Kier alpha value is -2.36. The number of likely N-dealkylation sites (N-methyl/N-ethyl adjacent to an activating group) is 2. The van der Waals surface area contributed by atoms with Gasteiger partial charge in [-0.1, -0.05) is 0 Å². The van der Waals surface area contributed by atoms with Crippen LogP contribution in [-0.4, -0.2) is 55.5 Å². The van der Waals surface area contributed by atoms with Gasteiger partial charge in [-0.2, -0.15) is 10.5 Å². The van der Waals surface area contributed by atoms with E-state index in [1.807, 2.05) is 0 Å². The molecule has 0 aromatic heterocycles. The Labute approximate surface area is 116 Å². The van der Waals surface area contributed by atoms with Gasteiger partial charge in [0.15, 0.2) is 0 Å². The zero-order valence-electron chi connectivity index (χ0n) is 11.5. The molecule has 1 saturated heterocycles. The van der Waals surface area contributed by atoms with Gasteiger partial charge in [0.25, 0.3) is 5.54 Å². The quantitative estimate of drug-likeness (QED) is 0.550. The van der Waals surface area contributed by atoms with Crippen molar-refractivity contribution in [1.82, 2.24) is 4.90 Å². The molecule has 9 heteroatoms. The minimum absolute atomic E-state index is 0.731. The molecule has 0 aromatic carbocycles. The van der Waals surface area contributed by atoms with E-state index in [1.54, 1.807) is 4.90 Å². The Morgan fingerprint density at radius 2 is 2.15 bits per heavy atom. The molecule has 2 unspecified atom stereocenters. The van der Waals surface area contributed by atoms with Gasteiger partial charge in [0.2, 0.25) is 0 Å². The number of aliphatic carboxylic acids is 1. The second kappa shape index (κ2) is 6.19. The number of nitrogens with one attached hydrogen (secondary N) is 1. The molecule has 0 aromatic rings. The molecule has 0 spiro atoms. The van der Waals surface area contributed by atoms with Crippen LogP contribution in [0.1, 0.15) is 6.92 Å². The highest BCUT2D eigenvalue weighted by Crippen LogP contribution is 2.17. The van der Waals surface area contributed by atoms with Gasteiger partial charge in [0.1, 0.15) is 24.0 Å². The molecule has 1 N–H and O–H groups in total. The van der Waals surface area contributed by atoms with Crippen LogP contribution in [0.25, 0.3) is 0 Å². The fourth-order valence-electron chi connectivity index (χ4n) is 1.75. The number of quaternary nitrogens is 1. The number of nitriles is 2. The minimum Gasteiger partial charge on any atom is -0.543 e. The van der Waals surface area contributed by atoms with Crippen LogP contribution in [-0.2, 0) is 4.79 Å². The van der Waals surface area contributed by atoms with Crippen LogP contribution in [0.2, 0.25) is 0 Å². The highest BCUT2D eigenvalue weighted by atomic mass is 16.4. The Balaban J connectivity index is 0.000000217. The maximum atomic E-state index is 10.3. The van der Waals surface area contributed by atoms with Gasteiger partial charge in [-0.25, -0.2) is 0 Å². The summed E-state index contributed by atoms with van der Waals surface area (Å²) in [6.07, 6.45) is 0.731. The van der Waals surface area contributed by atoms with Crippen molar-refractivity contribution in [3.63, 3.8) is 0 Å². The topological polar surface area (TPSA) is 132 Å². The second-order valence-corrected chi connectivity index (χ2v) is 4.61. The third-order valence-electron chi connectivity index (χ3n) is 3.43. The number of carbonyl (C=O) groups is 1. The number of hydrogen-bond donors (Lipinski definition) is 1. The lowest BCUT2D eigenvalue weighted by molar-refractivity contribution is -0.895. The van der Waals surface area contributed by atoms with E-state index in [4.69, 9.17) is 10.5 Å². The van der Waals surface area contributed by atoms with Crippen LogP contribution >= 0.6 is 0 Å². The van der Waals surface area contributed by atoms with Crippen molar-refractivity contribution in [3.8, 4) is 12.1 Å². The number of nitrogens with zero attached hydrogens (tertiary/aromatic N) is 6. The zero-order chi connectivity index (χ0) is 15.3. The van der Waals surface area contributed by atoms with Crippen molar-refractivity contribution in [2.75, 3.05) is 27.2 Å². The van der Waals surface area contributed by atoms with Gasteiger partial charge in [0.05, 0.1) is 26.1 Å². The third kappa shape index (κ3) is 2.96. The number of hydrogen-bond acceptors (Lipinski definition) is 8. The Bertz CT molecular complexity index is 504. The molecule has 0 saturated carbocycles. The van der Waals surface area contributed by atoms with E-state index in [2.05, 4.69) is 41.4 Å². The Kier molecular flexibility index (Phi) is 4.86. The first-order chi connectivity index (χ1) is 9.38. The number of rotatable bonds is 1. The molecule has 2 aliphatic heterocycles. The standard InChI is InChI=1S/C6H14N2.C5HN5O2/c1-6-7(2)4-5-8(6)3;6-1-5(2-7)3(4(11)12)8-10-9-5/h6H,4-5H2,1-3H3;(H,11,12). The Morgan fingerprint density at radius 3 is 2.40 bits per heavy atom. The van der Waals surface area contributed by atoms with Crippen molar-refractivity contribution in [2.24, 2.45) is 15.4 Å². The largest absolute Gasteiger partial charge is 0.543 e. The molecule has 2 atom stereocenters. The van der Waals surface area contributed by atoms with Crippen LogP contribution in [0.15, 0.2) is 15.4 Å². The molecule has 0 aliphatic carbocycles. The van der Waals surface area contributed by atoms with Gasteiger partial charge in [0, 0.05) is 6.92 Å². The predicted molar refractivity (Wildman–Crippen MR) is 65.1 cm³/mol. The van der Waals surface area contributed by atoms with Crippen molar-refractivity contribution in [1.29, 1.82) is 10.5 Å². The van der Waals surface area contributed by atoms with Crippen molar-refractivity contribution < 1.29 is 14.8 Å². The minimum atomic E-state index is -2.13. The summed E-state index contributed by atoms with van der Waals surface area (Å²) in [5, 5.41) is 36.2. The number of carbonyl (C=O) groups excluding carboxylic acids is 1. The SMILES string of the molecule is CC1N(C)CC[NH+]1C.N#CC1(C#N)N=NN=C1C(=O)[O-]. The van der Waals surface area contributed by atoms with E-state index in [9.17, 15) is 9.90 Å². The summed E-state index contributed by atoms with van der Waals surface area (Å²) in [7, 11) is 4.43. The van der Waals surface area contributed by atoms with E-state index in [0.717, 1.165) is 6.17 Å². The van der Waals surface area contributed by atoms with Crippen LogP contribution in [0.3, 0.4) is 0 Å². The molecule has 2 aliphatic rings.